The van der Waals surface area contributed by atoms with Gasteiger partial charge in [-0.25, -0.2) is 0 Å². The number of rotatable bonds is 2. The van der Waals surface area contributed by atoms with E-state index in [-0.39, 0.29) is 5.69 Å². The monoisotopic (exact) mass is 208 g/mol. The second-order valence-corrected chi connectivity index (χ2v) is 2.56. The van der Waals surface area contributed by atoms with Crippen molar-refractivity contribution in [1.29, 1.82) is 5.26 Å². The molecule has 8 nitrogen and oxygen atoms in total. The summed E-state index contributed by atoms with van der Waals surface area (Å²) in [6, 6.07) is 3.23. The van der Waals surface area contributed by atoms with E-state index >= 15 is 0 Å². The largest absolute Gasteiger partial charge is 0.398 e. The summed E-state index contributed by atoms with van der Waals surface area (Å²) in [4.78, 5) is 19.2. The number of nitrogen functional groups attached to an aromatic ring is 1. The molecule has 0 radical (unpaired) electrons. The smallest absolute Gasteiger partial charge is 0.296 e. The quantitative estimate of drug-likeness (QED) is 0.436. The molecule has 0 unspecified atom stereocenters. The Labute approximate surface area is 82.8 Å². The molecule has 0 bridgehead atoms. The number of benzene rings is 1. The third-order valence-electron chi connectivity index (χ3n) is 1.62. The molecule has 0 saturated carbocycles. The molecule has 0 aliphatic rings. The van der Waals surface area contributed by atoms with E-state index < -0.39 is 26.8 Å². The zero-order valence-electron chi connectivity index (χ0n) is 7.21. The molecule has 0 heterocycles. The van der Waals surface area contributed by atoms with Gasteiger partial charge < -0.3 is 5.73 Å². The Hall–Kier alpha value is -2.69. The molecule has 0 aromatic heterocycles. The van der Waals surface area contributed by atoms with Gasteiger partial charge in [0.25, 0.3) is 11.4 Å². The highest BCUT2D eigenvalue weighted by atomic mass is 16.6. The van der Waals surface area contributed by atoms with Gasteiger partial charge in [-0.3, -0.25) is 20.2 Å². The Balaban J connectivity index is 3.62. The molecule has 0 atom stereocenters. The van der Waals surface area contributed by atoms with E-state index in [1.54, 1.807) is 0 Å². The van der Waals surface area contributed by atoms with Crippen LogP contribution in [0.25, 0.3) is 0 Å². The van der Waals surface area contributed by atoms with Gasteiger partial charge in [-0.15, -0.1) is 0 Å². The molecular formula is C7H4N4O4. The molecule has 0 amide bonds. The summed E-state index contributed by atoms with van der Waals surface area (Å²) < 4.78 is 0. The third kappa shape index (κ3) is 1.80. The SMILES string of the molecule is N#Cc1c([N+](=O)[O-])cc(N)cc1[N+](=O)[O-]. The lowest BCUT2D eigenvalue weighted by molar-refractivity contribution is -0.394. The summed E-state index contributed by atoms with van der Waals surface area (Å²) >= 11 is 0. The number of nitriles is 1. The summed E-state index contributed by atoms with van der Waals surface area (Å²) in [6.07, 6.45) is 0. The summed E-state index contributed by atoms with van der Waals surface area (Å²) in [5.74, 6) is 0. The Kier molecular flexibility index (Phi) is 2.48. The van der Waals surface area contributed by atoms with Crippen LogP contribution >= 0.6 is 0 Å². The first-order chi connectivity index (χ1) is 6.97. The number of anilines is 1. The van der Waals surface area contributed by atoms with Gasteiger partial charge in [0.05, 0.1) is 9.85 Å². The van der Waals surface area contributed by atoms with Crippen LogP contribution in [0.4, 0.5) is 17.1 Å². The first-order valence-corrected chi connectivity index (χ1v) is 3.59. The Morgan fingerprint density at radius 3 is 1.87 bits per heavy atom. The molecule has 76 valence electrons. The number of nitro groups is 2. The standard InChI is InChI=1S/C7H4N4O4/c8-3-5-6(10(12)13)1-4(9)2-7(5)11(14)15/h1-2H,9H2. The fourth-order valence-electron chi connectivity index (χ4n) is 1.04. The molecule has 1 aromatic rings. The average molecular weight is 208 g/mol. The lowest BCUT2D eigenvalue weighted by Gasteiger charge is -1.98. The topological polar surface area (TPSA) is 136 Å². The Morgan fingerprint density at radius 1 is 1.20 bits per heavy atom. The number of nitrogens with two attached hydrogens (primary N) is 1. The van der Waals surface area contributed by atoms with Crippen LogP contribution in [0.3, 0.4) is 0 Å². The van der Waals surface area contributed by atoms with Crippen molar-refractivity contribution >= 4 is 17.1 Å². The van der Waals surface area contributed by atoms with Crippen molar-refractivity contribution in [2.24, 2.45) is 0 Å². The number of nitro benzene ring substituents is 2. The molecule has 1 aromatic carbocycles. The van der Waals surface area contributed by atoms with Gasteiger partial charge in [0.1, 0.15) is 6.07 Å². The van der Waals surface area contributed by atoms with E-state index in [9.17, 15) is 20.2 Å². The van der Waals surface area contributed by atoms with Gasteiger partial charge in [0, 0.05) is 17.8 Å². The first-order valence-electron chi connectivity index (χ1n) is 3.59. The van der Waals surface area contributed by atoms with Crippen molar-refractivity contribution in [2.45, 2.75) is 0 Å². The van der Waals surface area contributed by atoms with Crippen LogP contribution in [0.2, 0.25) is 0 Å². The molecule has 2 N–H and O–H groups in total. The van der Waals surface area contributed by atoms with Crippen LogP contribution in [0.5, 0.6) is 0 Å². The van der Waals surface area contributed by atoms with Crippen LogP contribution in [-0.2, 0) is 0 Å². The molecule has 0 fully saturated rings. The zero-order chi connectivity index (χ0) is 11.6. The van der Waals surface area contributed by atoms with Gasteiger partial charge >= 0.3 is 0 Å². The zero-order valence-corrected chi connectivity index (χ0v) is 7.21. The van der Waals surface area contributed by atoms with E-state index in [0.29, 0.717) is 0 Å². The normalized spacial score (nSPS) is 9.27. The van der Waals surface area contributed by atoms with Crippen LogP contribution in [0.15, 0.2) is 12.1 Å². The summed E-state index contributed by atoms with van der Waals surface area (Å²) in [6.45, 7) is 0. The van der Waals surface area contributed by atoms with Crippen LogP contribution < -0.4 is 5.73 Å². The van der Waals surface area contributed by atoms with Crippen LogP contribution in [0.1, 0.15) is 5.56 Å². The van der Waals surface area contributed by atoms with Gasteiger partial charge in [-0.05, 0) is 0 Å². The molecule has 0 spiro atoms. The molecule has 1 rings (SSSR count). The number of hydrogen-bond donors (Lipinski definition) is 1. The van der Waals surface area contributed by atoms with E-state index in [0.717, 1.165) is 12.1 Å². The predicted molar refractivity (Wildman–Crippen MR) is 48.9 cm³/mol. The maximum Gasteiger partial charge on any atom is 0.296 e. The van der Waals surface area contributed by atoms with Gasteiger partial charge in [0.2, 0.25) is 5.56 Å². The first kappa shape index (κ1) is 10.4. The number of nitrogens with zero attached hydrogens (tertiary/aromatic N) is 3. The van der Waals surface area contributed by atoms with Gasteiger partial charge in [-0.2, -0.15) is 5.26 Å². The van der Waals surface area contributed by atoms with E-state index in [2.05, 4.69) is 0 Å². The van der Waals surface area contributed by atoms with Crippen molar-refractivity contribution in [2.75, 3.05) is 5.73 Å². The minimum absolute atomic E-state index is 0.132. The molecule has 8 heteroatoms. The van der Waals surface area contributed by atoms with Crippen LogP contribution in [0, 0.1) is 31.6 Å². The maximum absolute atomic E-state index is 10.5. The Bertz CT molecular complexity index is 455. The molecule has 15 heavy (non-hydrogen) atoms. The second-order valence-electron chi connectivity index (χ2n) is 2.56. The molecular weight excluding hydrogens is 204 g/mol. The van der Waals surface area contributed by atoms with Crippen molar-refractivity contribution in [3.8, 4) is 6.07 Å². The van der Waals surface area contributed by atoms with Gasteiger partial charge in [-0.1, -0.05) is 0 Å². The average Bonchev–Trinajstić information content (AvgIpc) is 2.16. The lowest BCUT2D eigenvalue weighted by atomic mass is 10.1. The third-order valence-corrected chi connectivity index (χ3v) is 1.62. The van der Waals surface area contributed by atoms with Crippen molar-refractivity contribution in [3.63, 3.8) is 0 Å². The van der Waals surface area contributed by atoms with E-state index in [1.807, 2.05) is 0 Å². The minimum atomic E-state index is -0.887. The second kappa shape index (κ2) is 3.59. The van der Waals surface area contributed by atoms with E-state index in [1.165, 1.54) is 6.07 Å². The fraction of sp³-hybridized carbons (Fsp3) is 0. The fourth-order valence-corrected chi connectivity index (χ4v) is 1.04. The molecule has 0 saturated heterocycles. The molecule has 0 aliphatic carbocycles. The van der Waals surface area contributed by atoms with Gasteiger partial charge in [0.15, 0.2) is 0 Å². The van der Waals surface area contributed by atoms with Crippen molar-refractivity contribution < 1.29 is 9.85 Å². The lowest BCUT2D eigenvalue weighted by Crippen LogP contribution is -2.00. The highest BCUT2D eigenvalue weighted by molar-refractivity contribution is 5.67. The Morgan fingerprint density at radius 2 is 1.60 bits per heavy atom. The number of hydrogen-bond acceptors (Lipinski definition) is 6. The predicted octanol–water partition coefficient (Wildman–Crippen LogP) is 0.957. The van der Waals surface area contributed by atoms with Crippen LogP contribution in [-0.4, -0.2) is 9.85 Å². The summed E-state index contributed by atoms with van der Waals surface area (Å²) in [7, 11) is 0. The minimum Gasteiger partial charge on any atom is -0.398 e. The van der Waals surface area contributed by atoms with E-state index in [4.69, 9.17) is 11.0 Å². The molecule has 0 aliphatic heterocycles. The van der Waals surface area contributed by atoms with Crippen molar-refractivity contribution in [3.05, 3.63) is 37.9 Å². The van der Waals surface area contributed by atoms with Crippen molar-refractivity contribution in [1.82, 2.24) is 0 Å². The summed E-state index contributed by atoms with van der Waals surface area (Å²) in [5, 5.41) is 29.6. The highest BCUT2D eigenvalue weighted by Gasteiger charge is 2.25. The maximum atomic E-state index is 10.5. The summed E-state index contributed by atoms with van der Waals surface area (Å²) in [5.41, 5.74) is 3.18. The highest BCUT2D eigenvalue weighted by Crippen LogP contribution is 2.30.